The van der Waals surface area contributed by atoms with Crippen LogP contribution < -0.4 is 0 Å². The molecule has 0 aliphatic heterocycles. The first-order valence-corrected chi connectivity index (χ1v) is 29.5. The molecule has 0 atom stereocenters. The van der Waals surface area contributed by atoms with Gasteiger partial charge < -0.3 is 27.1 Å². The van der Waals surface area contributed by atoms with Crippen LogP contribution in [0.2, 0.25) is 0 Å². The Hall–Kier alpha value is -12.4. The summed E-state index contributed by atoms with van der Waals surface area (Å²) in [6.45, 7) is 0. The predicted octanol–water partition coefficient (Wildman–Crippen LogP) is 21.0. The second-order valence-corrected chi connectivity index (χ2v) is 22.8. The molecule has 406 valence electrons. The number of hydrogen-bond acceptors (Lipinski definition) is 4. The van der Waals surface area contributed by atoms with Gasteiger partial charge in [0.25, 0.3) is 0 Å². The van der Waals surface area contributed by atoms with Gasteiger partial charge >= 0.3 is 0 Å². The van der Waals surface area contributed by atoms with Crippen LogP contribution in [-0.4, -0.2) is 18.3 Å². The molecule has 0 radical (unpaired) electrons. The highest BCUT2D eigenvalue weighted by atomic mass is 16.3. The molecule has 6 heterocycles. The van der Waals surface area contributed by atoms with Crippen molar-refractivity contribution in [1.82, 2.24) is 18.3 Å². The van der Waals surface area contributed by atoms with Crippen molar-refractivity contribution in [1.29, 1.82) is 10.5 Å². The summed E-state index contributed by atoms with van der Waals surface area (Å²) in [5.74, 6) is 0. The van der Waals surface area contributed by atoms with E-state index in [0.717, 1.165) is 142 Å². The Morgan fingerprint density at radius 1 is 0.239 bits per heavy atom. The van der Waals surface area contributed by atoms with Gasteiger partial charge in [0, 0.05) is 53.9 Å². The van der Waals surface area contributed by atoms with Crippen molar-refractivity contribution >= 4 is 131 Å². The smallest absolute Gasteiger partial charge is 0.137 e. The highest BCUT2D eigenvalue weighted by molar-refractivity contribution is 6.27. The monoisotopic (exact) mass is 1120 g/mol. The maximum absolute atomic E-state index is 13.2. The Morgan fingerprint density at radius 2 is 0.557 bits per heavy atom. The molecule has 6 aromatic heterocycles. The molecular formula is C80H44N6O2. The van der Waals surface area contributed by atoms with Gasteiger partial charge in [0.2, 0.25) is 0 Å². The molecule has 19 aromatic rings. The fourth-order valence-electron chi connectivity index (χ4n) is 14.8. The summed E-state index contributed by atoms with van der Waals surface area (Å²) in [5.41, 5.74) is 17.0. The first kappa shape index (κ1) is 48.1. The second kappa shape index (κ2) is 18.1. The van der Waals surface area contributed by atoms with E-state index in [4.69, 9.17) is 8.83 Å². The normalized spacial score (nSPS) is 12.1. The van der Waals surface area contributed by atoms with E-state index in [1.165, 1.54) is 0 Å². The van der Waals surface area contributed by atoms with E-state index < -0.39 is 0 Å². The Kier molecular flexibility index (Phi) is 9.87. The van der Waals surface area contributed by atoms with Crippen molar-refractivity contribution in [3.63, 3.8) is 0 Å². The van der Waals surface area contributed by atoms with Crippen LogP contribution in [-0.2, 0) is 0 Å². The third-order valence-electron chi connectivity index (χ3n) is 18.4. The molecule has 0 fully saturated rings. The van der Waals surface area contributed by atoms with Gasteiger partial charge in [-0.15, -0.1) is 0 Å². The molecule has 8 heteroatoms. The Balaban J connectivity index is 1.11. The van der Waals surface area contributed by atoms with Crippen LogP contribution in [0.4, 0.5) is 0 Å². The quantitative estimate of drug-likeness (QED) is 0.166. The summed E-state index contributed by atoms with van der Waals surface area (Å²) in [7, 11) is 0. The van der Waals surface area contributed by atoms with Crippen molar-refractivity contribution in [3.05, 3.63) is 278 Å². The van der Waals surface area contributed by atoms with E-state index in [0.29, 0.717) is 45.0 Å². The van der Waals surface area contributed by atoms with Gasteiger partial charge in [-0.25, -0.2) is 0 Å². The first-order chi connectivity index (χ1) is 43.6. The topological polar surface area (TPSA) is 93.6 Å². The summed E-state index contributed by atoms with van der Waals surface area (Å²) in [5, 5.41) is 38.0. The molecule has 0 aliphatic carbocycles. The lowest BCUT2D eigenvalue weighted by molar-refractivity contribution is 0.669. The van der Waals surface area contributed by atoms with Gasteiger partial charge in [0.05, 0.1) is 77.7 Å². The van der Waals surface area contributed by atoms with Crippen LogP contribution in [0.3, 0.4) is 0 Å². The summed E-state index contributed by atoms with van der Waals surface area (Å²) in [6.07, 6.45) is 0. The van der Waals surface area contributed by atoms with E-state index in [2.05, 4.69) is 261 Å². The average molecular weight is 1120 g/mol. The second-order valence-electron chi connectivity index (χ2n) is 22.8. The summed E-state index contributed by atoms with van der Waals surface area (Å²) in [6, 6.07) is 98.9. The zero-order valence-corrected chi connectivity index (χ0v) is 46.9. The molecule has 0 saturated heterocycles. The van der Waals surface area contributed by atoms with E-state index in [-0.39, 0.29) is 0 Å². The summed E-state index contributed by atoms with van der Waals surface area (Å²) in [4.78, 5) is 0. The lowest BCUT2D eigenvalue weighted by Gasteiger charge is -2.27. The van der Waals surface area contributed by atoms with Crippen LogP contribution in [0.15, 0.2) is 276 Å². The highest BCUT2D eigenvalue weighted by Gasteiger charge is 2.36. The molecule has 0 saturated carbocycles. The highest BCUT2D eigenvalue weighted by Crippen LogP contribution is 2.52. The minimum atomic E-state index is 0.355. The number of furan rings is 2. The number of para-hydroxylation sites is 6. The average Bonchev–Trinajstić information content (AvgIpc) is 1.68. The number of hydrogen-bond donors (Lipinski definition) is 0. The lowest BCUT2D eigenvalue weighted by Crippen LogP contribution is -2.17. The van der Waals surface area contributed by atoms with Crippen LogP contribution in [0, 0.1) is 22.7 Å². The fourth-order valence-corrected chi connectivity index (χ4v) is 14.8. The summed E-state index contributed by atoms with van der Waals surface area (Å²) >= 11 is 0. The Morgan fingerprint density at radius 3 is 0.955 bits per heavy atom. The van der Waals surface area contributed by atoms with Crippen molar-refractivity contribution in [2.75, 3.05) is 0 Å². The van der Waals surface area contributed by atoms with Crippen LogP contribution >= 0.6 is 0 Å². The molecular weight excluding hydrogens is 1080 g/mol. The largest absolute Gasteiger partial charge is 0.456 e. The molecule has 88 heavy (non-hydrogen) atoms. The number of fused-ring (bicyclic) bond motifs is 20. The fraction of sp³-hybridized carbons (Fsp3) is 0. The molecule has 0 bridgehead atoms. The van der Waals surface area contributed by atoms with Gasteiger partial charge in [-0.3, -0.25) is 0 Å². The van der Waals surface area contributed by atoms with Crippen molar-refractivity contribution < 1.29 is 8.83 Å². The molecule has 0 aliphatic rings. The van der Waals surface area contributed by atoms with Gasteiger partial charge in [-0.2, -0.15) is 10.5 Å². The number of nitriles is 2. The zero-order valence-electron chi connectivity index (χ0n) is 46.9. The third-order valence-corrected chi connectivity index (χ3v) is 18.4. The zero-order chi connectivity index (χ0) is 57.9. The molecule has 0 unspecified atom stereocenters. The van der Waals surface area contributed by atoms with Crippen LogP contribution in [0.5, 0.6) is 0 Å². The standard InChI is InChI=1S/C80H44N6O2/c81-45-61-77(83-63-29-13-9-25-53(63)59-43-49(35-39-67(59)83)47-19-3-1-4-20-47)79(85-65-31-15-7-23-51(65)55-37-41-71-73(75(55)85)57-27-11-17-33-69(57)87-71)62(46-82)78(84-64-30-14-10-26-54(64)60-44-50(36-40-68(60)84)48-21-5-2-6-22-48)80(61)86-66-32-16-8-24-52(66)56-38-42-72-74(76(56)86)58-28-12-18-34-70(58)88-72/h1-44H. The minimum Gasteiger partial charge on any atom is -0.456 e. The van der Waals surface area contributed by atoms with E-state index in [1.54, 1.807) is 0 Å². The van der Waals surface area contributed by atoms with E-state index in [9.17, 15) is 10.5 Å². The molecule has 13 aromatic carbocycles. The molecule has 19 rings (SSSR count). The van der Waals surface area contributed by atoms with E-state index >= 15 is 0 Å². The van der Waals surface area contributed by atoms with Crippen molar-refractivity contribution in [2.45, 2.75) is 0 Å². The predicted molar refractivity (Wildman–Crippen MR) is 359 cm³/mol. The number of rotatable bonds is 6. The SMILES string of the molecule is N#Cc1c(-n2c3ccccc3c3cc(-c4ccccc4)ccc32)c(-n2c3ccccc3c3ccc4oc5ccccc5c4c32)c(C#N)c(-n2c3ccccc3c3cc(-c4ccccc4)ccc32)c1-n1c2ccccc2c2ccc3oc4ccccc4c3c21. The Bertz CT molecular complexity index is 5940. The number of benzene rings is 13. The summed E-state index contributed by atoms with van der Waals surface area (Å²) < 4.78 is 22.7. The minimum absolute atomic E-state index is 0.355. The van der Waals surface area contributed by atoms with Crippen molar-refractivity contribution in [3.8, 4) is 57.1 Å². The number of aromatic nitrogens is 4. The van der Waals surface area contributed by atoms with Gasteiger partial charge in [-0.05, 0) is 107 Å². The van der Waals surface area contributed by atoms with E-state index in [1.807, 2.05) is 36.4 Å². The maximum Gasteiger partial charge on any atom is 0.137 e. The maximum atomic E-state index is 13.2. The van der Waals surface area contributed by atoms with Crippen LogP contribution in [0.25, 0.3) is 176 Å². The molecule has 0 N–H and O–H groups in total. The van der Waals surface area contributed by atoms with Crippen LogP contribution in [0.1, 0.15) is 11.1 Å². The molecule has 0 amide bonds. The lowest BCUT2D eigenvalue weighted by atomic mass is 9.98. The third kappa shape index (κ3) is 6.44. The first-order valence-electron chi connectivity index (χ1n) is 29.5. The molecule has 8 nitrogen and oxygen atoms in total. The van der Waals surface area contributed by atoms with Crippen molar-refractivity contribution in [2.24, 2.45) is 0 Å². The Labute approximate surface area is 501 Å². The number of nitrogens with zero attached hydrogens (tertiary/aromatic N) is 6. The van der Waals surface area contributed by atoms with Gasteiger partial charge in [-0.1, -0.05) is 182 Å². The van der Waals surface area contributed by atoms with Gasteiger partial charge in [0.1, 0.15) is 45.6 Å². The van der Waals surface area contributed by atoms with Gasteiger partial charge in [0.15, 0.2) is 0 Å². The molecule has 0 spiro atoms.